The van der Waals surface area contributed by atoms with Crippen molar-refractivity contribution in [2.45, 2.75) is 6.61 Å². The molecule has 2 rings (SSSR count). The third-order valence-electron chi connectivity index (χ3n) is 2.83. The lowest BCUT2D eigenvalue weighted by molar-refractivity contribution is -0.384. The van der Waals surface area contributed by atoms with Crippen molar-refractivity contribution < 1.29 is 9.66 Å². The second-order valence-corrected chi connectivity index (χ2v) is 5.91. The zero-order valence-corrected chi connectivity index (χ0v) is 14.3. The molecule has 0 aliphatic heterocycles. The molecule has 21 heavy (non-hydrogen) atoms. The van der Waals surface area contributed by atoms with Crippen molar-refractivity contribution in [1.29, 1.82) is 0 Å². The molecule has 0 fully saturated rings. The monoisotopic (exact) mass is 414 g/mol. The van der Waals surface area contributed by atoms with Gasteiger partial charge < -0.3 is 10.1 Å². The van der Waals surface area contributed by atoms with Gasteiger partial charge in [0.2, 0.25) is 0 Å². The Morgan fingerprint density at radius 1 is 1.24 bits per heavy atom. The Hall–Kier alpha value is -1.60. The van der Waals surface area contributed by atoms with Crippen LogP contribution in [-0.2, 0) is 6.61 Å². The lowest BCUT2D eigenvalue weighted by atomic mass is 10.2. The first-order valence-corrected chi connectivity index (χ1v) is 7.63. The van der Waals surface area contributed by atoms with Crippen molar-refractivity contribution in [1.82, 2.24) is 0 Å². The molecule has 0 atom stereocenters. The Morgan fingerprint density at radius 2 is 1.90 bits per heavy atom. The highest BCUT2D eigenvalue weighted by atomic mass is 79.9. The van der Waals surface area contributed by atoms with Gasteiger partial charge in [0.05, 0.1) is 13.9 Å². The van der Waals surface area contributed by atoms with Crippen LogP contribution in [0.4, 0.5) is 11.4 Å². The number of para-hydroxylation sites is 1. The van der Waals surface area contributed by atoms with Gasteiger partial charge in [-0.1, -0.05) is 12.1 Å². The summed E-state index contributed by atoms with van der Waals surface area (Å²) in [5, 5.41) is 13.8. The maximum absolute atomic E-state index is 11.0. The number of nitro groups is 1. The molecule has 0 aromatic heterocycles. The predicted octanol–water partition coefficient (Wildman–Crippen LogP) is 4.74. The van der Waals surface area contributed by atoms with Crippen LogP contribution in [0.2, 0.25) is 0 Å². The number of nitro benzene ring substituents is 1. The average Bonchev–Trinajstić information content (AvgIpc) is 2.46. The number of benzene rings is 2. The van der Waals surface area contributed by atoms with Crippen molar-refractivity contribution in [2.24, 2.45) is 0 Å². The van der Waals surface area contributed by atoms with Crippen molar-refractivity contribution >= 4 is 43.2 Å². The third kappa shape index (κ3) is 3.74. The van der Waals surface area contributed by atoms with E-state index in [1.807, 2.05) is 18.2 Å². The molecule has 0 saturated carbocycles. The molecule has 2 aromatic rings. The van der Waals surface area contributed by atoms with E-state index in [9.17, 15) is 10.1 Å². The van der Waals surface area contributed by atoms with Crippen LogP contribution in [0.3, 0.4) is 0 Å². The molecule has 1 N–H and O–H groups in total. The van der Waals surface area contributed by atoms with Crippen LogP contribution in [0.25, 0.3) is 0 Å². The molecule has 0 amide bonds. The molecule has 0 spiro atoms. The third-order valence-corrected chi connectivity index (χ3v) is 4.08. The molecule has 110 valence electrons. The van der Waals surface area contributed by atoms with Crippen LogP contribution in [-0.4, -0.2) is 12.0 Å². The minimum atomic E-state index is -0.413. The average molecular weight is 416 g/mol. The van der Waals surface area contributed by atoms with Crippen LogP contribution in [0.5, 0.6) is 5.75 Å². The lowest BCUT2D eigenvalue weighted by Crippen LogP contribution is -2.01. The van der Waals surface area contributed by atoms with Crippen molar-refractivity contribution in [3.05, 3.63) is 61.0 Å². The number of hydrogen-bond acceptors (Lipinski definition) is 4. The predicted molar refractivity (Wildman–Crippen MR) is 88.8 cm³/mol. The van der Waals surface area contributed by atoms with Gasteiger partial charge in [-0.25, -0.2) is 0 Å². The van der Waals surface area contributed by atoms with Gasteiger partial charge in [-0.3, -0.25) is 10.1 Å². The standard InChI is InChI=1S/C14H12Br2N2O3/c1-17-12-6-5-9(7-13(12)18(19)20)8-21-14-10(15)3-2-4-11(14)16/h2-7,17H,8H2,1H3. The Balaban J connectivity index is 2.21. The Kier molecular flexibility index (Phi) is 5.19. The van der Waals surface area contributed by atoms with Crippen LogP contribution >= 0.6 is 31.9 Å². The van der Waals surface area contributed by atoms with Crippen molar-refractivity contribution in [3.8, 4) is 5.75 Å². The first-order valence-electron chi connectivity index (χ1n) is 6.05. The maximum atomic E-state index is 11.0. The molecule has 2 aromatic carbocycles. The molecular formula is C14H12Br2N2O3. The summed E-state index contributed by atoms with van der Waals surface area (Å²) in [7, 11) is 1.65. The van der Waals surface area contributed by atoms with E-state index < -0.39 is 4.92 Å². The molecule has 5 nitrogen and oxygen atoms in total. The second kappa shape index (κ2) is 6.91. The highest BCUT2D eigenvalue weighted by molar-refractivity contribution is 9.11. The minimum Gasteiger partial charge on any atom is -0.487 e. The number of anilines is 1. The zero-order chi connectivity index (χ0) is 15.4. The fraction of sp³-hybridized carbons (Fsp3) is 0.143. The molecule has 0 aliphatic rings. The van der Waals surface area contributed by atoms with E-state index in [1.54, 1.807) is 19.2 Å². The lowest BCUT2D eigenvalue weighted by Gasteiger charge is -2.11. The number of halogens is 2. The van der Waals surface area contributed by atoms with Gasteiger partial charge in [0, 0.05) is 13.1 Å². The van der Waals surface area contributed by atoms with E-state index >= 15 is 0 Å². The summed E-state index contributed by atoms with van der Waals surface area (Å²) in [5.41, 5.74) is 1.24. The highest BCUT2D eigenvalue weighted by Gasteiger charge is 2.14. The summed E-state index contributed by atoms with van der Waals surface area (Å²) >= 11 is 6.82. The highest BCUT2D eigenvalue weighted by Crippen LogP contribution is 2.34. The van der Waals surface area contributed by atoms with Crippen molar-refractivity contribution in [2.75, 3.05) is 12.4 Å². The van der Waals surface area contributed by atoms with Gasteiger partial charge in [-0.05, 0) is 55.6 Å². The normalized spacial score (nSPS) is 10.2. The molecule has 7 heteroatoms. The van der Waals surface area contributed by atoms with Crippen LogP contribution < -0.4 is 10.1 Å². The fourth-order valence-corrected chi connectivity index (χ4v) is 3.03. The number of rotatable bonds is 5. The minimum absolute atomic E-state index is 0.0322. The largest absolute Gasteiger partial charge is 0.487 e. The Bertz CT molecular complexity index is 657. The Labute approximate surface area is 138 Å². The van der Waals surface area contributed by atoms with E-state index in [0.717, 1.165) is 14.5 Å². The van der Waals surface area contributed by atoms with E-state index in [1.165, 1.54) is 6.07 Å². The quantitative estimate of drug-likeness (QED) is 0.565. The van der Waals surface area contributed by atoms with Gasteiger partial charge >= 0.3 is 0 Å². The summed E-state index contributed by atoms with van der Waals surface area (Å²) in [6.07, 6.45) is 0. The molecule has 0 bridgehead atoms. The summed E-state index contributed by atoms with van der Waals surface area (Å²) in [5.74, 6) is 0.665. The number of nitrogens with zero attached hydrogens (tertiary/aromatic N) is 1. The first-order chi connectivity index (χ1) is 10.0. The SMILES string of the molecule is CNc1ccc(COc2c(Br)cccc2Br)cc1[N+](=O)[O-]. The van der Waals surface area contributed by atoms with E-state index in [-0.39, 0.29) is 12.3 Å². The molecule has 0 heterocycles. The summed E-state index contributed by atoms with van der Waals surface area (Å²) in [4.78, 5) is 10.6. The summed E-state index contributed by atoms with van der Waals surface area (Å²) in [6, 6.07) is 10.6. The molecule has 0 saturated heterocycles. The van der Waals surface area contributed by atoms with Crippen LogP contribution in [0, 0.1) is 10.1 Å². The maximum Gasteiger partial charge on any atom is 0.292 e. The van der Waals surface area contributed by atoms with Gasteiger partial charge in [0.1, 0.15) is 18.0 Å². The van der Waals surface area contributed by atoms with E-state index in [4.69, 9.17) is 4.74 Å². The number of nitrogens with one attached hydrogen (secondary N) is 1. The van der Waals surface area contributed by atoms with E-state index in [2.05, 4.69) is 37.2 Å². The molecule has 0 unspecified atom stereocenters. The number of ether oxygens (including phenoxy) is 1. The summed E-state index contributed by atoms with van der Waals surface area (Å²) < 4.78 is 7.36. The van der Waals surface area contributed by atoms with Gasteiger partial charge in [0.25, 0.3) is 5.69 Å². The topological polar surface area (TPSA) is 64.4 Å². The fourth-order valence-electron chi connectivity index (χ4n) is 1.81. The zero-order valence-electron chi connectivity index (χ0n) is 11.1. The van der Waals surface area contributed by atoms with E-state index in [0.29, 0.717) is 11.4 Å². The second-order valence-electron chi connectivity index (χ2n) is 4.20. The van der Waals surface area contributed by atoms with Crippen LogP contribution in [0.1, 0.15) is 5.56 Å². The van der Waals surface area contributed by atoms with Gasteiger partial charge in [-0.2, -0.15) is 0 Å². The smallest absolute Gasteiger partial charge is 0.292 e. The molecule has 0 aliphatic carbocycles. The first kappa shape index (κ1) is 15.8. The number of hydrogen-bond donors (Lipinski definition) is 1. The summed E-state index contributed by atoms with van der Waals surface area (Å²) in [6.45, 7) is 0.242. The van der Waals surface area contributed by atoms with Crippen LogP contribution in [0.15, 0.2) is 45.3 Å². The molecule has 0 radical (unpaired) electrons. The van der Waals surface area contributed by atoms with Crippen molar-refractivity contribution in [3.63, 3.8) is 0 Å². The van der Waals surface area contributed by atoms with Gasteiger partial charge in [0.15, 0.2) is 0 Å². The van der Waals surface area contributed by atoms with Gasteiger partial charge in [-0.15, -0.1) is 0 Å². The Morgan fingerprint density at radius 3 is 2.48 bits per heavy atom. The molecular weight excluding hydrogens is 404 g/mol.